The van der Waals surface area contributed by atoms with E-state index in [-0.39, 0.29) is 0 Å². The van der Waals surface area contributed by atoms with Gasteiger partial charge in [0.25, 0.3) is 0 Å². The van der Waals surface area contributed by atoms with E-state index in [1.54, 1.807) is 0 Å². The SMILES string of the molecule is CC1CN(C[Si](C)(C)C)C(C)CN1. The van der Waals surface area contributed by atoms with Gasteiger partial charge in [-0.2, -0.15) is 0 Å². The molecule has 1 N–H and O–H groups in total. The molecule has 1 heterocycles. The van der Waals surface area contributed by atoms with Crippen LogP contribution < -0.4 is 5.32 Å². The zero-order valence-corrected chi connectivity index (χ0v) is 10.7. The summed E-state index contributed by atoms with van der Waals surface area (Å²) < 4.78 is 0. The van der Waals surface area contributed by atoms with Gasteiger partial charge in [0.05, 0.1) is 8.07 Å². The van der Waals surface area contributed by atoms with Crippen molar-refractivity contribution in [3.8, 4) is 0 Å². The molecule has 0 saturated carbocycles. The van der Waals surface area contributed by atoms with E-state index in [1.165, 1.54) is 12.7 Å². The molecule has 2 nitrogen and oxygen atoms in total. The molecule has 0 bridgehead atoms. The molecule has 1 aliphatic heterocycles. The van der Waals surface area contributed by atoms with Gasteiger partial charge in [-0.1, -0.05) is 19.6 Å². The second-order valence-electron chi connectivity index (χ2n) is 5.65. The third kappa shape index (κ3) is 3.79. The van der Waals surface area contributed by atoms with Gasteiger partial charge in [-0.3, -0.25) is 0 Å². The average Bonchev–Trinajstić information content (AvgIpc) is 1.94. The fourth-order valence-corrected chi connectivity index (χ4v) is 3.59. The van der Waals surface area contributed by atoms with E-state index in [1.807, 2.05) is 0 Å². The van der Waals surface area contributed by atoms with Crippen LogP contribution in [0.5, 0.6) is 0 Å². The summed E-state index contributed by atoms with van der Waals surface area (Å²) in [6.07, 6.45) is 1.35. The van der Waals surface area contributed by atoms with Crippen molar-refractivity contribution in [3.05, 3.63) is 0 Å². The lowest BCUT2D eigenvalue weighted by molar-refractivity contribution is 0.169. The summed E-state index contributed by atoms with van der Waals surface area (Å²) in [5.41, 5.74) is 0. The first-order chi connectivity index (χ1) is 5.88. The van der Waals surface area contributed by atoms with Crippen LogP contribution in [0.4, 0.5) is 0 Å². The Morgan fingerprint density at radius 1 is 1.31 bits per heavy atom. The summed E-state index contributed by atoms with van der Waals surface area (Å²) in [5.74, 6) is 0. The first kappa shape index (κ1) is 11.2. The van der Waals surface area contributed by atoms with E-state index in [4.69, 9.17) is 0 Å². The van der Waals surface area contributed by atoms with Crippen molar-refractivity contribution in [2.45, 2.75) is 45.6 Å². The second kappa shape index (κ2) is 4.11. The third-order valence-corrected chi connectivity index (χ3v) is 3.93. The maximum atomic E-state index is 3.52. The van der Waals surface area contributed by atoms with Crippen molar-refractivity contribution in [1.82, 2.24) is 10.2 Å². The molecule has 0 aromatic rings. The first-order valence-electron chi connectivity index (χ1n) is 5.36. The summed E-state index contributed by atoms with van der Waals surface area (Å²) in [6, 6.07) is 1.40. The lowest BCUT2D eigenvalue weighted by Crippen LogP contribution is -2.57. The van der Waals surface area contributed by atoms with Gasteiger partial charge in [-0.15, -0.1) is 0 Å². The fraction of sp³-hybridized carbons (Fsp3) is 1.00. The van der Waals surface area contributed by atoms with E-state index < -0.39 is 8.07 Å². The summed E-state index contributed by atoms with van der Waals surface area (Å²) >= 11 is 0. The molecule has 0 aromatic heterocycles. The van der Waals surface area contributed by atoms with E-state index in [2.05, 4.69) is 43.7 Å². The van der Waals surface area contributed by atoms with E-state index >= 15 is 0 Å². The molecule has 78 valence electrons. The van der Waals surface area contributed by atoms with Crippen molar-refractivity contribution >= 4 is 8.07 Å². The normalized spacial score (nSPS) is 32.1. The van der Waals surface area contributed by atoms with Crippen LogP contribution in [-0.4, -0.2) is 44.3 Å². The summed E-state index contributed by atoms with van der Waals surface area (Å²) in [6.45, 7) is 14.4. The first-order valence-corrected chi connectivity index (χ1v) is 9.06. The maximum Gasteiger partial charge on any atom is 0.0599 e. The molecule has 1 saturated heterocycles. The Morgan fingerprint density at radius 3 is 2.46 bits per heavy atom. The van der Waals surface area contributed by atoms with Crippen molar-refractivity contribution in [2.24, 2.45) is 0 Å². The van der Waals surface area contributed by atoms with Gasteiger partial charge in [0.15, 0.2) is 0 Å². The standard InChI is InChI=1S/C10H24N2Si/c1-9-7-12(8-13(3,4)5)10(2)6-11-9/h9-11H,6-8H2,1-5H3. The van der Waals surface area contributed by atoms with Crippen LogP contribution in [0.1, 0.15) is 13.8 Å². The molecule has 2 unspecified atom stereocenters. The highest BCUT2D eigenvalue weighted by atomic mass is 28.3. The highest BCUT2D eigenvalue weighted by Crippen LogP contribution is 2.11. The molecule has 3 heteroatoms. The van der Waals surface area contributed by atoms with Crippen molar-refractivity contribution in [3.63, 3.8) is 0 Å². The molecular formula is C10H24N2Si. The van der Waals surface area contributed by atoms with Crippen LogP contribution in [0.3, 0.4) is 0 Å². The van der Waals surface area contributed by atoms with Gasteiger partial charge in [0.2, 0.25) is 0 Å². The minimum atomic E-state index is -0.918. The Bertz CT molecular complexity index is 165. The Hall–Kier alpha value is 0.137. The monoisotopic (exact) mass is 200 g/mol. The largest absolute Gasteiger partial charge is 0.311 e. The Balaban J connectivity index is 2.47. The van der Waals surface area contributed by atoms with Gasteiger partial charge in [-0.05, 0) is 20.0 Å². The van der Waals surface area contributed by atoms with Gasteiger partial charge < -0.3 is 10.2 Å². The highest BCUT2D eigenvalue weighted by molar-refractivity contribution is 6.76. The Morgan fingerprint density at radius 2 is 1.92 bits per heavy atom. The van der Waals surface area contributed by atoms with Gasteiger partial charge >= 0.3 is 0 Å². The smallest absolute Gasteiger partial charge is 0.0599 e. The third-order valence-electron chi connectivity index (χ3n) is 2.57. The van der Waals surface area contributed by atoms with Crippen LogP contribution in [0.25, 0.3) is 0 Å². The molecule has 0 spiro atoms. The predicted molar refractivity (Wildman–Crippen MR) is 61.8 cm³/mol. The molecule has 0 aliphatic carbocycles. The fourth-order valence-electron chi connectivity index (χ4n) is 1.93. The quantitative estimate of drug-likeness (QED) is 0.680. The number of hydrogen-bond donors (Lipinski definition) is 1. The van der Waals surface area contributed by atoms with Crippen LogP contribution in [0.2, 0.25) is 19.6 Å². The summed E-state index contributed by atoms with van der Waals surface area (Å²) in [5, 5.41) is 3.52. The zero-order chi connectivity index (χ0) is 10.1. The molecule has 13 heavy (non-hydrogen) atoms. The number of rotatable bonds is 2. The molecule has 2 atom stereocenters. The molecule has 1 rings (SSSR count). The van der Waals surface area contributed by atoms with E-state index in [9.17, 15) is 0 Å². The highest BCUT2D eigenvalue weighted by Gasteiger charge is 2.26. The number of piperazine rings is 1. The minimum absolute atomic E-state index is 0.674. The van der Waals surface area contributed by atoms with Crippen molar-refractivity contribution < 1.29 is 0 Å². The number of nitrogens with one attached hydrogen (secondary N) is 1. The van der Waals surface area contributed by atoms with E-state index in [0.29, 0.717) is 6.04 Å². The average molecular weight is 200 g/mol. The second-order valence-corrected chi connectivity index (χ2v) is 11.1. The predicted octanol–water partition coefficient (Wildman–Crippen LogP) is 1.55. The number of nitrogens with zero attached hydrogens (tertiary/aromatic N) is 1. The lowest BCUT2D eigenvalue weighted by atomic mass is 10.2. The summed E-state index contributed by atoms with van der Waals surface area (Å²) in [7, 11) is -0.918. The van der Waals surface area contributed by atoms with Crippen LogP contribution in [0.15, 0.2) is 0 Å². The minimum Gasteiger partial charge on any atom is -0.311 e. The van der Waals surface area contributed by atoms with Crippen molar-refractivity contribution in [1.29, 1.82) is 0 Å². The van der Waals surface area contributed by atoms with Crippen molar-refractivity contribution in [2.75, 3.05) is 19.3 Å². The number of hydrogen-bond acceptors (Lipinski definition) is 2. The van der Waals surface area contributed by atoms with Crippen LogP contribution >= 0.6 is 0 Å². The maximum absolute atomic E-state index is 3.52. The van der Waals surface area contributed by atoms with Gasteiger partial charge in [0.1, 0.15) is 0 Å². The Labute approximate surface area is 83.7 Å². The lowest BCUT2D eigenvalue weighted by Gasteiger charge is -2.40. The van der Waals surface area contributed by atoms with Crippen LogP contribution in [-0.2, 0) is 0 Å². The molecule has 0 aromatic carbocycles. The molecule has 0 radical (unpaired) electrons. The topological polar surface area (TPSA) is 15.3 Å². The van der Waals surface area contributed by atoms with Gasteiger partial charge in [-0.25, -0.2) is 0 Å². The summed E-state index contributed by atoms with van der Waals surface area (Å²) in [4.78, 5) is 2.66. The zero-order valence-electron chi connectivity index (χ0n) is 9.72. The molecule has 1 fully saturated rings. The Kier molecular flexibility index (Phi) is 3.55. The molecule has 0 amide bonds. The molecular weight excluding hydrogens is 176 g/mol. The molecule has 1 aliphatic rings. The van der Waals surface area contributed by atoms with Crippen LogP contribution in [0, 0.1) is 0 Å². The van der Waals surface area contributed by atoms with Gasteiger partial charge in [0, 0.05) is 25.2 Å². The van der Waals surface area contributed by atoms with E-state index in [0.717, 1.165) is 12.6 Å².